The molecule has 2 unspecified atom stereocenters. The van der Waals surface area contributed by atoms with Crippen molar-refractivity contribution in [2.24, 2.45) is 5.92 Å². The third kappa shape index (κ3) is 2.45. The Morgan fingerprint density at radius 3 is 3.29 bits per heavy atom. The van der Waals surface area contributed by atoms with E-state index >= 15 is 0 Å². The molecule has 1 saturated heterocycles. The minimum atomic E-state index is 0.174. The maximum atomic E-state index is 5.45. The molecule has 1 aliphatic heterocycles. The summed E-state index contributed by atoms with van der Waals surface area (Å²) in [4.78, 5) is 8.98. The van der Waals surface area contributed by atoms with Crippen LogP contribution in [0.15, 0.2) is 28.2 Å². The molecule has 1 N–H and O–H groups in total. The van der Waals surface area contributed by atoms with E-state index in [0.717, 1.165) is 28.7 Å². The van der Waals surface area contributed by atoms with Crippen LogP contribution in [0.1, 0.15) is 31.7 Å². The van der Waals surface area contributed by atoms with Crippen molar-refractivity contribution in [3.63, 3.8) is 0 Å². The summed E-state index contributed by atoms with van der Waals surface area (Å²) < 4.78 is 6.59. The van der Waals surface area contributed by atoms with Gasteiger partial charge in [-0.15, -0.1) is 11.3 Å². The van der Waals surface area contributed by atoms with Crippen molar-refractivity contribution in [2.45, 2.75) is 25.8 Å². The van der Waals surface area contributed by atoms with Crippen molar-refractivity contribution in [2.75, 3.05) is 6.54 Å². The second kappa shape index (κ2) is 5.20. The van der Waals surface area contributed by atoms with Crippen LogP contribution in [0.25, 0.3) is 21.6 Å². The largest absolute Gasteiger partial charge is 0.337 e. The maximum Gasteiger partial charge on any atom is 0.244 e. The van der Waals surface area contributed by atoms with E-state index in [0.29, 0.717) is 17.6 Å². The molecule has 2 atom stereocenters. The molecule has 0 aromatic carbocycles. The molecule has 3 aromatic heterocycles. The molecule has 0 amide bonds. The van der Waals surface area contributed by atoms with Gasteiger partial charge in [0.1, 0.15) is 0 Å². The zero-order chi connectivity index (χ0) is 14.2. The minimum Gasteiger partial charge on any atom is -0.337 e. The molecule has 4 heterocycles. The van der Waals surface area contributed by atoms with Crippen LogP contribution in [0.3, 0.4) is 0 Å². The van der Waals surface area contributed by atoms with Crippen LogP contribution in [0.4, 0.5) is 0 Å². The van der Waals surface area contributed by atoms with Gasteiger partial charge in [-0.3, -0.25) is 4.98 Å². The zero-order valence-corrected chi connectivity index (χ0v) is 12.6. The quantitative estimate of drug-likeness (QED) is 0.785. The van der Waals surface area contributed by atoms with Gasteiger partial charge in [0.15, 0.2) is 0 Å². The van der Waals surface area contributed by atoms with E-state index in [1.165, 1.54) is 6.42 Å². The lowest BCUT2D eigenvalue weighted by Crippen LogP contribution is -2.30. The van der Waals surface area contributed by atoms with Crippen LogP contribution in [0, 0.1) is 5.92 Å². The summed E-state index contributed by atoms with van der Waals surface area (Å²) in [6, 6.07) is 4.26. The number of pyridine rings is 1. The van der Waals surface area contributed by atoms with Crippen LogP contribution in [-0.4, -0.2) is 21.7 Å². The first-order valence-corrected chi connectivity index (χ1v) is 8.08. The average Bonchev–Trinajstić information content (AvgIpc) is 3.15. The average molecular weight is 300 g/mol. The summed E-state index contributed by atoms with van der Waals surface area (Å²) >= 11 is 1.67. The molecule has 6 heteroatoms. The topological polar surface area (TPSA) is 63.8 Å². The Balaban J connectivity index is 1.63. The molecule has 4 rings (SSSR count). The van der Waals surface area contributed by atoms with Crippen LogP contribution >= 0.6 is 11.3 Å². The summed E-state index contributed by atoms with van der Waals surface area (Å²) in [6.45, 7) is 3.27. The van der Waals surface area contributed by atoms with Gasteiger partial charge < -0.3 is 9.84 Å². The Morgan fingerprint density at radius 1 is 1.43 bits per heavy atom. The molecule has 21 heavy (non-hydrogen) atoms. The second-order valence-corrected chi connectivity index (χ2v) is 6.57. The van der Waals surface area contributed by atoms with Crippen LogP contribution in [-0.2, 0) is 0 Å². The molecule has 1 fully saturated rings. The van der Waals surface area contributed by atoms with E-state index in [-0.39, 0.29) is 6.04 Å². The van der Waals surface area contributed by atoms with Crippen molar-refractivity contribution in [1.29, 1.82) is 0 Å². The molecule has 5 nitrogen and oxygen atoms in total. The fraction of sp³-hybridized carbons (Fsp3) is 0.400. The lowest BCUT2D eigenvalue weighted by Gasteiger charge is -2.25. The first-order chi connectivity index (χ1) is 10.3. The molecule has 0 aliphatic carbocycles. The Bertz CT molecular complexity index is 766. The molecular formula is C15H16N4OS. The Labute approximate surface area is 126 Å². The smallest absolute Gasteiger partial charge is 0.244 e. The van der Waals surface area contributed by atoms with Gasteiger partial charge in [-0.2, -0.15) is 4.98 Å². The highest BCUT2D eigenvalue weighted by Gasteiger charge is 2.25. The number of hydrogen-bond acceptors (Lipinski definition) is 6. The number of thiophene rings is 1. The number of aromatic nitrogens is 3. The van der Waals surface area contributed by atoms with E-state index in [1.54, 1.807) is 17.5 Å². The first kappa shape index (κ1) is 12.9. The Morgan fingerprint density at radius 2 is 2.38 bits per heavy atom. The summed E-state index contributed by atoms with van der Waals surface area (Å²) in [5, 5.41) is 9.60. The normalized spacial score (nSPS) is 22.7. The monoisotopic (exact) mass is 300 g/mol. The van der Waals surface area contributed by atoms with Gasteiger partial charge in [-0.1, -0.05) is 12.1 Å². The summed E-state index contributed by atoms with van der Waals surface area (Å²) in [6.07, 6.45) is 4.06. The summed E-state index contributed by atoms with van der Waals surface area (Å²) in [7, 11) is 0. The van der Waals surface area contributed by atoms with Crippen LogP contribution < -0.4 is 5.32 Å². The van der Waals surface area contributed by atoms with Gasteiger partial charge in [0, 0.05) is 11.8 Å². The lowest BCUT2D eigenvalue weighted by molar-refractivity contribution is 0.260. The number of hydrogen-bond donors (Lipinski definition) is 1. The maximum absolute atomic E-state index is 5.45. The molecule has 1 aliphatic rings. The number of fused-ring (bicyclic) bond motifs is 1. The van der Waals surface area contributed by atoms with Crippen LogP contribution in [0.5, 0.6) is 0 Å². The van der Waals surface area contributed by atoms with Gasteiger partial charge in [-0.05, 0) is 42.8 Å². The molecule has 0 radical (unpaired) electrons. The van der Waals surface area contributed by atoms with Crippen LogP contribution in [0.2, 0.25) is 0 Å². The second-order valence-electron chi connectivity index (χ2n) is 5.62. The van der Waals surface area contributed by atoms with Crippen molar-refractivity contribution >= 4 is 21.6 Å². The highest BCUT2D eigenvalue weighted by molar-refractivity contribution is 7.17. The van der Waals surface area contributed by atoms with Gasteiger partial charge in [0.2, 0.25) is 11.7 Å². The van der Waals surface area contributed by atoms with Gasteiger partial charge in [0.05, 0.1) is 16.3 Å². The summed E-state index contributed by atoms with van der Waals surface area (Å²) in [5.41, 5.74) is 1.92. The molecule has 3 aromatic rings. The fourth-order valence-electron chi connectivity index (χ4n) is 2.76. The molecular weight excluding hydrogens is 284 g/mol. The van der Waals surface area contributed by atoms with E-state index < -0.39 is 0 Å². The summed E-state index contributed by atoms with van der Waals surface area (Å²) in [5.74, 6) is 1.99. The van der Waals surface area contributed by atoms with E-state index in [4.69, 9.17) is 4.52 Å². The third-order valence-electron chi connectivity index (χ3n) is 3.97. The number of nitrogens with one attached hydrogen (secondary N) is 1. The predicted octanol–water partition coefficient (Wildman–Crippen LogP) is 3.41. The molecule has 108 valence electrons. The van der Waals surface area contributed by atoms with E-state index in [2.05, 4.69) is 33.4 Å². The van der Waals surface area contributed by atoms with E-state index in [1.807, 2.05) is 11.4 Å². The zero-order valence-electron chi connectivity index (χ0n) is 11.7. The van der Waals surface area contributed by atoms with Crippen molar-refractivity contribution < 1.29 is 4.52 Å². The fourth-order valence-corrected chi connectivity index (χ4v) is 3.54. The third-order valence-corrected chi connectivity index (χ3v) is 4.82. The lowest BCUT2D eigenvalue weighted by atomic mass is 9.94. The Kier molecular flexibility index (Phi) is 3.20. The standard InChI is InChI=1S/C15H16N4OS/c1-9-2-4-16-12(6-9)15-18-14(19-20-15)10-7-13-11(17-8-10)3-5-21-13/h3,5,7-9,12,16H,2,4,6H2,1H3. The van der Waals surface area contributed by atoms with Crippen molar-refractivity contribution in [1.82, 2.24) is 20.4 Å². The molecule has 0 spiro atoms. The molecule has 0 saturated carbocycles. The van der Waals surface area contributed by atoms with E-state index in [9.17, 15) is 0 Å². The van der Waals surface area contributed by atoms with Crippen molar-refractivity contribution in [3.05, 3.63) is 29.6 Å². The Hall–Kier alpha value is -1.79. The van der Waals surface area contributed by atoms with Gasteiger partial charge in [0.25, 0.3) is 0 Å². The predicted molar refractivity (Wildman–Crippen MR) is 82.1 cm³/mol. The number of nitrogens with zero attached hydrogens (tertiary/aromatic N) is 3. The number of piperidine rings is 1. The highest BCUT2D eigenvalue weighted by Crippen LogP contribution is 2.28. The number of rotatable bonds is 2. The van der Waals surface area contributed by atoms with Crippen molar-refractivity contribution in [3.8, 4) is 11.4 Å². The van der Waals surface area contributed by atoms with Gasteiger partial charge in [-0.25, -0.2) is 0 Å². The highest BCUT2D eigenvalue weighted by atomic mass is 32.1. The SMILES string of the molecule is CC1CCNC(c2nc(-c3cnc4ccsc4c3)no2)C1. The minimum absolute atomic E-state index is 0.174. The molecule has 0 bridgehead atoms. The first-order valence-electron chi connectivity index (χ1n) is 7.20. The van der Waals surface area contributed by atoms with Gasteiger partial charge >= 0.3 is 0 Å².